The fraction of sp³-hybridized carbons (Fsp3) is 0.414. The van der Waals surface area contributed by atoms with Crippen LogP contribution in [0.15, 0.2) is 59.0 Å². The number of carbonyl (C=O) groups is 1. The van der Waals surface area contributed by atoms with Crippen LogP contribution in [-0.2, 0) is 0 Å². The van der Waals surface area contributed by atoms with E-state index in [1.807, 2.05) is 38.1 Å². The second-order valence-electron chi connectivity index (χ2n) is 10.5. The highest BCUT2D eigenvalue weighted by Gasteiger charge is 2.25. The Morgan fingerprint density at radius 2 is 2.05 bits per heavy atom. The van der Waals surface area contributed by atoms with Crippen LogP contribution in [0.25, 0.3) is 6.08 Å². The lowest BCUT2D eigenvalue weighted by Gasteiger charge is -2.23. The third-order valence-corrected chi connectivity index (χ3v) is 6.51. The van der Waals surface area contributed by atoms with Crippen molar-refractivity contribution in [1.82, 2.24) is 9.97 Å². The van der Waals surface area contributed by atoms with Gasteiger partial charge in [-0.25, -0.2) is 9.78 Å². The summed E-state index contributed by atoms with van der Waals surface area (Å²) >= 11 is 1.25. The van der Waals surface area contributed by atoms with Crippen molar-refractivity contribution in [2.24, 2.45) is 17.1 Å². The van der Waals surface area contributed by atoms with Crippen molar-refractivity contribution in [3.8, 4) is 5.88 Å². The molecule has 1 aromatic carbocycles. The van der Waals surface area contributed by atoms with Crippen molar-refractivity contribution in [2.75, 3.05) is 11.3 Å². The smallest absolute Gasteiger partial charge is 0.335 e. The number of hydrogen-bond donors (Lipinski definition) is 3. The number of anilines is 1. The van der Waals surface area contributed by atoms with Gasteiger partial charge in [0.05, 0.1) is 11.3 Å². The van der Waals surface area contributed by atoms with Gasteiger partial charge in [-0.05, 0) is 86.2 Å². The van der Waals surface area contributed by atoms with Gasteiger partial charge in [-0.15, -0.1) is 0 Å². The van der Waals surface area contributed by atoms with Gasteiger partial charge in [-0.1, -0.05) is 51.1 Å². The highest BCUT2D eigenvalue weighted by molar-refractivity contribution is 8.00. The van der Waals surface area contributed by atoms with Gasteiger partial charge in [0.1, 0.15) is 6.61 Å². The van der Waals surface area contributed by atoms with Gasteiger partial charge in [0.25, 0.3) is 0 Å². The molecule has 7 nitrogen and oxygen atoms in total. The Labute approximate surface area is 224 Å². The number of benzene rings is 1. The van der Waals surface area contributed by atoms with Crippen LogP contribution < -0.4 is 15.2 Å². The predicted molar refractivity (Wildman–Crippen MR) is 152 cm³/mol. The van der Waals surface area contributed by atoms with E-state index in [4.69, 9.17) is 15.5 Å². The van der Waals surface area contributed by atoms with Gasteiger partial charge in [0.2, 0.25) is 11.8 Å². The normalized spacial score (nSPS) is 15.4. The summed E-state index contributed by atoms with van der Waals surface area (Å²) < 4.78 is 9.29. The number of aromatic carboxylic acids is 1. The first-order valence-electron chi connectivity index (χ1n) is 12.6. The van der Waals surface area contributed by atoms with Crippen LogP contribution in [0.3, 0.4) is 0 Å². The summed E-state index contributed by atoms with van der Waals surface area (Å²) in [5.74, 6) is 0.433. The molecule has 37 heavy (non-hydrogen) atoms. The molecule has 1 aromatic heterocycles. The zero-order valence-corrected chi connectivity index (χ0v) is 23.1. The summed E-state index contributed by atoms with van der Waals surface area (Å²) in [6.07, 6.45) is 13.5. The molecule has 0 aliphatic heterocycles. The van der Waals surface area contributed by atoms with E-state index in [9.17, 15) is 9.90 Å². The predicted octanol–water partition coefficient (Wildman–Crippen LogP) is 6.67. The van der Waals surface area contributed by atoms with Crippen LogP contribution >= 0.6 is 11.9 Å². The van der Waals surface area contributed by atoms with Gasteiger partial charge in [-0.2, -0.15) is 4.98 Å². The first-order chi connectivity index (χ1) is 17.6. The summed E-state index contributed by atoms with van der Waals surface area (Å²) in [5, 5.41) is 9.29. The lowest BCUT2D eigenvalue weighted by molar-refractivity contribution is 0.0696. The van der Waals surface area contributed by atoms with E-state index >= 15 is 0 Å². The summed E-state index contributed by atoms with van der Waals surface area (Å²) in [5.41, 5.74) is 9.52. The third-order valence-electron chi connectivity index (χ3n) is 5.73. The van der Waals surface area contributed by atoms with Gasteiger partial charge >= 0.3 is 5.97 Å². The number of carboxylic acid groups (broad SMARTS) is 1. The van der Waals surface area contributed by atoms with Crippen LogP contribution in [0.2, 0.25) is 0 Å². The molecule has 1 fully saturated rings. The van der Waals surface area contributed by atoms with E-state index in [-0.39, 0.29) is 17.0 Å². The number of hydrogen-bond acceptors (Lipinski definition) is 7. The van der Waals surface area contributed by atoms with Crippen molar-refractivity contribution >= 4 is 29.9 Å². The molecule has 0 saturated heterocycles. The molecule has 0 radical (unpaired) electrons. The monoisotopic (exact) mass is 522 g/mol. The van der Waals surface area contributed by atoms with E-state index in [1.54, 1.807) is 18.2 Å². The molecule has 1 heterocycles. The number of carboxylic acids is 1. The number of allylic oxidation sites excluding steroid dienone is 5. The maximum absolute atomic E-state index is 11.3. The quantitative estimate of drug-likeness (QED) is 0.209. The van der Waals surface area contributed by atoms with E-state index < -0.39 is 5.97 Å². The van der Waals surface area contributed by atoms with Gasteiger partial charge in [0.15, 0.2) is 0 Å². The summed E-state index contributed by atoms with van der Waals surface area (Å²) in [7, 11) is 0. The molecule has 0 spiro atoms. The molecule has 1 saturated carbocycles. The Balaban J connectivity index is 1.90. The topological polar surface area (TPSA) is 110 Å². The second kappa shape index (κ2) is 12.9. The van der Waals surface area contributed by atoms with Crippen LogP contribution in [0, 0.1) is 18.3 Å². The molecule has 3 rings (SSSR count). The number of nitrogens with one attached hydrogen (secondary N) is 1. The highest BCUT2D eigenvalue weighted by Crippen LogP contribution is 2.39. The van der Waals surface area contributed by atoms with Crippen molar-refractivity contribution in [3.05, 3.63) is 71.0 Å². The van der Waals surface area contributed by atoms with Crippen molar-refractivity contribution < 1.29 is 14.6 Å². The molecule has 1 aliphatic carbocycles. The zero-order chi connectivity index (χ0) is 27.0. The molecule has 8 heteroatoms. The van der Waals surface area contributed by atoms with Crippen LogP contribution in [0.1, 0.15) is 68.6 Å². The average Bonchev–Trinajstić information content (AvgIpc) is 3.67. The molecule has 1 unspecified atom stereocenters. The zero-order valence-electron chi connectivity index (χ0n) is 22.3. The van der Waals surface area contributed by atoms with E-state index in [2.05, 4.69) is 42.6 Å². The lowest BCUT2D eigenvalue weighted by Crippen LogP contribution is -2.32. The fourth-order valence-corrected chi connectivity index (χ4v) is 4.46. The Bertz CT molecular complexity index is 1180. The molecule has 198 valence electrons. The van der Waals surface area contributed by atoms with Gasteiger partial charge < -0.3 is 15.6 Å². The fourth-order valence-electron chi connectivity index (χ4n) is 3.82. The molecule has 1 aliphatic rings. The SMILES string of the molecule is C/C=C/C=C\C(=C\c1nc(NSc2cccc(C(=O)O)c2)nc(OCC(N)CC(C)(C)C)c1C)C1CC1. The standard InChI is InChI=1S/C29H38N4O3S/c1-6-7-8-10-21(20-13-14-20)16-25-19(2)26(36-18-23(30)17-29(3,4)5)32-28(31-25)33-37-24-12-9-11-22(15-24)27(34)35/h6-12,15-16,20,23H,13-14,17-18,30H2,1-5H3,(H,34,35)(H,31,32,33)/b7-6+,10-8-,21-16-. The maximum Gasteiger partial charge on any atom is 0.335 e. The van der Waals surface area contributed by atoms with Crippen LogP contribution in [0.5, 0.6) is 5.88 Å². The molecule has 4 N–H and O–H groups in total. The van der Waals surface area contributed by atoms with E-state index in [0.29, 0.717) is 24.4 Å². The summed E-state index contributed by atoms with van der Waals surface area (Å²) in [4.78, 5) is 21.5. The summed E-state index contributed by atoms with van der Waals surface area (Å²) in [6, 6.07) is 6.59. The minimum Gasteiger partial charge on any atom is -0.478 e. The summed E-state index contributed by atoms with van der Waals surface area (Å²) in [6.45, 7) is 10.8. The highest BCUT2D eigenvalue weighted by atomic mass is 32.2. The lowest BCUT2D eigenvalue weighted by atomic mass is 9.89. The number of aromatic nitrogens is 2. The Morgan fingerprint density at radius 3 is 2.70 bits per heavy atom. The first-order valence-corrected chi connectivity index (χ1v) is 13.4. The Kier molecular flexibility index (Phi) is 9.94. The number of nitrogens with two attached hydrogens (primary N) is 1. The minimum atomic E-state index is -0.970. The molecule has 2 aromatic rings. The molecule has 0 amide bonds. The maximum atomic E-state index is 11.3. The second-order valence-corrected chi connectivity index (χ2v) is 11.4. The van der Waals surface area contributed by atoms with E-state index in [1.165, 1.54) is 30.4 Å². The molecular weight excluding hydrogens is 484 g/mol. The van der Waals surface area contributed by atoms with Crippen molar-refractivity contribution in [1.29, 1.82) is 0 Å². The molecule has 0 bridgehead atoms. The Morgan fingerprint density at radius 1 is 1.30 bits per heavy atom. The van der Waals surface area contributed by atoms with E-state index in [0.717, 1.165) is 22.6 Å². The van der Waals surface area contributed by atoms with Gasteiger partial charge in [-0.3, -0.25) is 4.72 Å². The largest absolute Gasteiger partial charge is 0.478 e. The number of ether oxygens (including phenoxy) is 1. The van der Waals surface area contributed by atoms with Crippen molar-refractivity contribution in [2.45, 2.75) is 64.8 Å². The number of nitrogens with zero attached hydrogens (tertiary/aromatic N) is 2. The number of rotatable bonds is 12. The average molecular weight is 523 g/mol. The van der Waals surface area contributed by atoms with Crippen LogP contribution in [-0.4, -0.2) is 33.7 Å². The molecule has 1 atom stereocenters. The Hall–Kier alpha value is -3.10. The molecular formula is C29H38N4O3S. The van der Waals surface area contributed by atoms with Crippen molar-refractivity contribution in [3.63, 3.8) is 0 Å². The minimum absolute atomic E-state index is 0.101. The first kappa shape index (κ1) is 28.5. The van der Waals surface area contributed by atoms with Gasteiger partial charge in [0, 0.05) is 16.5 Å². The van der Waals surface area contributed by atoms with Crippen LogP contribution in [0.4, 0.5) is 5.95 Å². The third kappa shape index (κ3) is 9.37.